The molecule has 0 aromatic heterocycles. The molecule has 1 aliphatic heterocycles. The summed E-state index contributed by atoms with van der Waals surface area (Å²) in [5.74, 6) is 0.309. The maximum atomic E-state index is 11.9. The Morgan fingerprint density at radius 2 is 2.05 bits per heavy atom. The molecule has 0 spiro atoms. The summed E-state index contributed by atoms with van der Waals surface area (Å²) < 4.78 is 16.3. The van der Waals surface area contributed by atoms with Crippen LogP contribution in [0.25, 0.3) is 0 Å². The molecule has 0 saturated carbocycles. The van der Waals surface area contributed by atoms with Gasteiger partial charge < -0.3 is 19.5 Å². The molecular formula is C16H23NO4. The molecule has 1 N–H and O–H groups in total. The number of carbonyl (C=O) groups excluding carboxylic acids is 1. The van der Waals surface area contributed by atoms with Crippen LogP contribution >= 0.6 is 0 Å². The molecule has 5 heteroatoms. The van der Waals surface area contributed by atoms with Gasteiger partial charge in [-0.25, -0.2) is 0 Å². The van der Waals surface area contributed by atoms with Gasteiger partial charge in [0.2, 0.25) is 5.91 Å². The molecule has 0 unspecified atom stereocenters. The number of ether oxygens (including phenoxy) is 3. The minimum Gasteiger partial charge on any atom is -0.496 e. The zero-order valence-electron chi connectivity index (χ0n) is 12.7. The van der Waals surface area contributed by atoms with Crippen LogP contribution in [-0.4, -0.2) is 38.6 Å². The number of amides is 1. The summed E-state index contributed by atoms with van der Waals surface area (Å²) in [5, 5.41) is 2.90. The number of aryl methyl sites for hydroxylation is 1. The first kappa shape index (κ1) is 15.8. The average molecular weight is 293 g/mol. The number of rotatable bonds is 7. The van der Waals surface area contributed by atoms with Crippen molar-refractivity contribution in [2.75, 3.05) is 26.9 Å². The second-order valence-electron chi connectivity index (χ2n) is 5.24. The molecule has 1 aromatic rings. The van der Waals surface area contributed by atoms with E-state index in [-0.39, 0.29) is 5.91 Å². The lowest BCUT2D eigenvalue weighted by molar-refractivity contribution is -0.146. The highest BCUT2D eigenvalue weighted by atomic mass is 16.7. The molecule has 1 aromatic carbocycles. The normalized spacial score (nSPS) is 16.7. The van der Waals surface area contributed by atoms with E-state index < -0.39 is 5.79 Å². The number of carbonyl (C=O) groups is 1. The van der Waals surface area contributed by atoms with Gasteiger partial charge >= 0.3 is 0 Å². The molecule has 1 fully saturated rings. The topological polar surface area (TPSA) is 56.8 Å². The maximum Gasteiger partial charge on any atom is 0.220 e. The second kappa shape index (κ2) is 7.43. The van der Waals surface area contributed by atoms with Crippen molar-refractivity contribution in [1.82, 2.24) is 5.32 Å². The first-order valence-corrected chi connectivity index (χ1v) is 7.29. The van der Waals surface area contributed by atoms with Crippen molar-refractivity contribution in [1.29, 1.82) is 0 Å². The van der Waals surface area contributed by atoms with Crippen LogP contribution in [0.15, 0.2) is 24.3 Å². The zero-order chi connectivity index (χ0) is 15.1. The summed E-state index contributed by atoms with van der Waals surface area (Å²) >= 11 is 0. The van der Waals surface area contributed by atoms with Gasteiger partial charge in [-0.3, -0.25) is 4.79 Å². The van der Waals surface area contributed by atoms with E-state index in [0.717, 1.165) is 11.3 Å². The fourth-order valence-electron chi connectivity index (χ4n) is 2.38. The molecule has 2 rings (SSSR count). The molecule has 21 heavy (non-hydrogen) atoms. The van der Waals surface area contributed by atoms with Crippen LogP contribution in [0.5, 0.6) is 5.75 Å². The molecule has 1 amide bonds. The molecule has 1 saturated heterocycles. The Labute approximate surface area is 125 Å². The van der Waals surface area contributed by atoms with Crippen molar-refractivity contribution < 1.29 is 19.0 Å². The van der Waals surface area contributed by atoms with Gasteiger partial charge in [-0.1, -0.05) is 18.2 Å². The lowest BCUT2D eigenvalue weighted by Gasteiger charge is -2.22. The van der Waals surface area contributed by atoms with E-state index in [4.69, 9.17) is 14.2 Å². The molecule has 0 radical (unpaired) electrons. The second-order valence-corrected chi connectivity index (χ2v) is 5.24. The van der Waals surface area contributed by atoms with Crippen LogP contribution in [0.2, 0.25) is 0 Å². The number of benzene rings is 1. The Bertz CT molecular complexity index is 469. The molecule has 5 nitrogen and oxygen atoms in total. The summed E-state index contributed by atoms with van der Waals surface area (Å²) in [5.41, 5.74) is 1.05. The van der Waals surface area contributed by atoms with E-state index in [9.17, 15) is 4.79 Å². The lowest BCUT2D eigenvalue weighted by atomic mass is 10.1. The van der Waals surface area contributed by atoms with Crippen LogP contribution in [0, 0.1) is 0 Å². The Kier molecular flexibility index (Phi) is 5.59. The number of hydrogen-bond donors (Lipinski definition) is 1. The van der Waals surface area contributed by atoms with Crippen molar-refractivity contribution in [3.63, 3.8) is 0 Å². The highest BCUT2D eigenvalue weighted by Crippen LogP contribution is 2.22. The van der Waals surface area contributed by atoms with E-state index in [0.29, 0.717) is 39.0 Å². The van der Waals surface area contributed by atoms with Gasteiger partial charge in [0.1, 0.15) is 5.75 Å². The van der Waals surface area contributed by atoms with Crippen LogP contribution in [0.1, 0.15) is 25.3 Å². The van der Waals surface area contributed by atoms with E-state index in [1.807, 2.05) is 31.2 Å². The Morgan fingerprint density at radius 3 is 2.76 bits per heavy atom. The Hall–Kier alpha value is -1.59. The summed E-state index contributed by atoms with van der Waals surface area (Å²) in [7, 11) is 1.64. The number of nitrogens with one attached hydrogen (secondary N) is 1. The van der Waals surface area contributed by atoms with Crippen molar-refractivity contribution in [2.45, 2.75) is 32.0 Å². The fourth-order valence-corrected chi connectivity index (χ4v) is 2.38. The van der Waals surface area contributed by atoms with Crippen molar-refractivity contribution >= 4 is 5.91 Å². The van der Waals surface area contributed by atoms with Gasteiger partial charge in [0.05, 0.1) is 20.3 Å². The van der Waals surface area contributed by atoms with Crippen LogP contribution < -0.4 is 10.1 Å². The highest BCUT2D eigenvalue weighted by molar-refractivity contribution is 5.76. The van der Waals surface area contributed by atoms with Gasteiger partial charge in [0.15, 0.2) is 5.79 Å². The van der Waals surface area contributed by atoms with Gasteiger partial charge in [0, 0.05) is 19.4 Å². The van der Waals surface area contributed by atoms with E-state index in [1.165, 1.54) is 0 Å². The minimum absolute atomic E-state index is 0.0301. The van der Waals surface area contributed by atoms with E-state index in [2.05, 4.69) is 5.32 Å². The molecule has 0 aliphatic carbocycles. The monoisotopic (exact) mass is 293 g/mol. The predicted molar refractivity (Wildman–Crippen MR) is 79.3 cm³/mol. The number of methoxy groups -OCH3 is 1. The maximum absolute atomic E-state index is 11.9. The highest BCUT2D eigenvalue weighted by Gasteiger charge is 2.30. The largest absolute Gasteiger partial charge is 0.496 e. The predicted octanol–water partition coefficient (Wildman–Crippen LogP) is 1.90. The Morgan fingerprint density at radius 1 is 1.33 bits per heavy atom. The smallest absolute Gasteiger partial charge is 0.220 e. The third-order valence-corrected chi connectivity index (χ3v) is 3.61. The summed E-state index contributed by atoms with van der Waals surface area (Å²) in [6.07, 6.45) is 1.77. The van der Waals surface area contributed by atoms with Gasteiger partial charge in [0.25, 0.3) is 0 Å². The summed E-state index contributed by atoms with van der Waals surface area (Å²) in [6.45, 7) is 3.71. The van der Waals surface area contributed by atoms with Gasteiger partial charge in [-0.15, -0.1) is 0 Å². The summed E-state index contributed by atoms with van der Waals surface area (Å²) in [6, 6.07) is 7.76. The van der Waals surface area contributed by atoms with E-state index in [1.54, 1.807) is 7.11 Å². The third kappa shape index (κ3) is 4.72. The molecule has 0 atom stereocenters. The standard InChI is InChI=1S/C16H23NO4/c1-16(20-11-12-21-16)9-10-17-15(18)8-7-13-5-3-4-6-14(13)19-2/h3-6H,7-12H2,1-2H3,(H,17,18). The van der Waals surface area contributed by atoms with Crippen molar-refractivity contribution in [3.05, 3.63) is 29.8 Å². The number of hydrogen-bond acceptors (Lipinski definition) is 4. The molecule has 0 bridgehead atoms. The van der Waals surface area contributed by atoms with Gasteiger partial charge in [-0.2, -0.15) is 0 Å². The van der Waals surface area contributed by atoms with Crippen LogP contribution in [0.3, 0.4) is 0 Å². The Balaban J connectivity index is 1.70. The van der Waals surface area contributed by atoms with Crippen molar-refractivity contribution in [3.8, 4) is 5.75 Å². The first-order valence-electron chi connectivity index (χ1n) is 7.29. The zero-order valence-corrected chi connectivity index (χ0v) is 12.7. The third-order valence-electron chi connectivity index (χ3n) is 3.61. The van der Waals surface area contributed by atoms with Crippen LogP contribution in [-0.2, 0) is 20.7 Å². The van der Waals surface area contributed by atoms with Crippen molar-refractivity contribution in [2.24, 2.45) is 0 Å². The molecule has 1 heterocycles. The SMILES string of the molecule is COc1ccccc1CCC(=O)NCCC1(C)OCCO1. The molecular weight excluding hydrogens is 270 g/mol. The molecule has 1 aliphatic rings. The van der Waals surface area contributed by atoms with Gasteiger partial charge in [-0.05, 0) is 25.0 Å². The quantitative estimate of drug-likeness (QED) is 0.834. The first-order chi connectivity index (χ1) is 10.1. The lowest BCUT2D eigenvalue weighted by Crippen LogP contribution is -2.33. The average Bonchev–Trinajstić information content (AvgIpc) is 2.92. The van der Waals surface area contributed by atoms with Crippen LogP contribution in [0.4, 0.5) is 0 Å². The minimum atomic E-state index is -0.546. The van der Waals surface area contributed by atoms with E-state index >= 15 is 0 Å². The number of para-hydroxylation sites is 1. The fraction of sp³-hybridized carbons (Fsp3) is 0.562. The summed E-state index contributed by atoms with van der Waals surface area (Å²) in [4.78, 5) is 11.9. The molecule has 116 valence electrons.